The van der Waals surface area contributed by atoms with Crippen molar-refractivity contribution in [2.45, 2.75) is 11.8 Å². The van der Waals surface area contributed by atoms with Crippen LogP contribution in [-0.2, 0) is 10.1 Å². The molecule has 5 aromatic rings. The molecule has 174 valence electrons. The third-order valence-electron chi connectivity index (χ3n) is 5.41. The molecule has 0 spiro atoms. The quantitative estimate of drug-likeness (QED) is 0.198. The average Bonchev–Trinajstić information content (AvgIpc) is 2.90. The van der Waals surface area contributed by atoms with Gasteiger partial charge in [0, 0.05) is 11.6 Å². The maximum atomic E-state index is 10.4. The smallest absolute Gasteiger partial charge is 0.368 e. The molecule has 0 aliphatic heterocycles. The molecule has 0 bridgehead atoms. The van der Waals surface area contributed by atoms with Crippen LogP contribution in [0, 0.1) is 6.92 Å². The zero-order valence-corrected chi connectivity index (χ0v) is 20.0. The Balaban J connectivity index is 0.000000221. The molecule has 35 heavy (non-hydrogen) atoms. The second-order valence-electron chi connectivity index (χ2n) is 7.90. The highest BCUT2D eigenvalue weighted by atomic mass is 32.2. The summed E-state index contributed by atoms with van der Waals surface area (Å²) < 4.78 is 37.1. The number of benzene rings is 4. The Hall–Kier alpha value is -4.06. The molecular weight excluding hydrogens is 456 g/mol. The molecule has 0 radical (unpaired) electrons. The molecule has 4 aromatic carbocycles. The maximum Gasteiger partial charge on any atom is 0.368 e. The summed E-state index contributed by atoms with van der Waals surface area (Å²) in [6, 6.07) is 38.9. The van der Waals surface area contributed by atoms with Gasteiger partial charge in [-0.1, -0.05) is 96.6 Å². The van der Waals surface area contributed by atoms with Crippen LogP contribution in [0.2, 0.25) is 0 Å². The zero-order valence-electron chi connectivity index (χ0n) is 19.2. The van der Waals surface area contributed by atoms with Crippen molar-refractivity contribution in [1.29, 1.82) is 0 Å². The van der Waals surface area contributed by atoms with Gasteiger partial charge in [0.2, 0.25) is 0 Å². The van der Waals surface area contributed by atoms with Crippen LogP contribution < -0.4 is 0 Å². The number of aryl methyl sites for hydroxylation is 1. The molecule has 0 aliphatic rings. The van der Waals surface area contributed by atoms with Gasteiger partial charge in [0.15, 0.2) is 0 Å². The third-order valence-corrected chi connectivity index (χ3v) is 6.26. The predicted molar refractivity (Wildman–Crippen MR) is 139 cm³/mol. The summed E-state index contributed by atoms with van der Waals surface area (Å²) in [7, 11) is -4.27. The van der Waals surface area contributed by atoms with Crippen LogP contribution in [0.25, 0.3) is 33.6 Å². The molecular formula is C30H24O4S. The van der Waals surface area contributed by atoms with E-state index in [0.717, 1.165) is 28.0 Å². The van der Waals surface area contributed by atoms with Gasteiger partial charge in [-0.25, -0.2) is 12.8 Å². The summed E-state index contributed by atoms with van der Waals surface area (Å²) in [4.78, 5) is -0.178. The average molecular weight is 481 g/mol. The first-order chi connectivity index (χ1) is 16.9. The van der Waals surface area contributed by atoms with Gasteiger partial charge in [-0.05, 0) is 42.3 Å². The van der Waals surface area contributed by atoms with Crippen molar-refractivity contribution in [3.05, 3.63) is 133 Å². The first kappa shape index (κ1) is 24.1. The van der Waals surface area contributed by atoms with Crippen LogP contribution in [0.5, 0.6) is 0 Å². The topological polar surface area (TPSA) is 68.5 Å². The van der Waals surface area contributed by atoms with Crippen LogP contribution in [0.3, 0.4) is 0 Å². The fourth-order valence-electron chi connectivity index (χ4n) is 3.69. The number of hydrogen-bond acceptors (Lipinski definition) is 3. The lowest BCUT2D eigenvalue weighted by Crippen LogP contribution is -1.97. The standard InChI is InChI=1S/C23H17O.C7H8O3S/c1-4-10-18(11-5-1)21-16-17-24-23(20-14-8-3-9-15-20)22(21)19-12-6-2-7-13-19;1-6-2-4-7(5-3-6)11(8,9)10/h1-17H;2-5H,1H3,(H,8,9,10)/q+1;/p-1. The van der Waals surface area contributed by atoms with Crippen LogP contribution in [0.4, 0.5) is 0 Å². The second-order valence-corrected chi connectivity index (χ2v) is 9.28. The van der Waals surface area contributed by atoms with Gasteiger partial charge >= 0.3 is 12.0 Å². The van der Waals surface area contributed by atoms with E-state index in [4.69, 9.17) is 4.42 Å². The Morgan fingerprint density at radius 2 is 1.09 bits per heavy atom. The lowest BCUT2D eigenvalue weighted by Gasteiger charge is -2.08. The first-order valence-electron chi connectivity index (χ1n) is 11.1. The van der Waals surface area contributed by atoms with E-state index < -0.39 is 10.1 Å². The molecule has 0 saturated heterocycles. The van der Waals surface area contributed by atoms with Gasteiger partial charge in [-0.2, -0.15) is 0 Å². The minimum absolute atomic E-state index is 0.178. The van der Waals surface area contributed by atoms with Gasteiger partial charge in [-0.15, -0.1) is 0 Å². The summed E-state index contributed by atoms with van der Waals surface area (Å²) in [6.45, 7) is 1.82. The SMILES string of the molecule is Cc1ccc(S(=O)(=O)[O-])cc1.c1ccc(-c2cc[o+]c(-c3ccccc3)c2-c2ccccc2)cc1. The molecule has 0 atom stereocenters. The molecule has 0 N–H and O–H groups in total. The van der Waals surface area contributed by atoms with E-state index in [1.165, 1.54) is 23.3 Å². The van der Waals surface area contributed by atoms with E-state index in [9.17, 15) is 13.0 Å². The molecule has 5 heteroatoms. The van der Waals surface area contributed by atoms with Gasteiger partial charge in [-0.3, -0.25) is 0 Å². The first-order valence-corrected chi connectivity index (χ1v) is 12.5. The van der Waals surface area contributed by atoms with Crippen molar-refractivity contribution in [2.75, 3.05) is 0 Å². The molecule has 4 nitrogen and oxygen atoms in total. The Morgan fingerprint density at radius 1 is 0.600 bits per heavy atom. The van der Waals surface area contributed by atoms with E-state index in [0.29, 0.717) is 0 Å². The van der Waals surface area contributed by atoms with Crippen molar-refractivity contribution >= 4 is 10.1 Å². The van der Waals surface area contributed by atoms with Crippen LogP contribution >= 0.6 is 0 Å². The highest BCUT2D eigenvalue weighted by molar-refractivity contribution is 7.85. The summed E-state index contributed by atoms with van der Waals surface area (Å²) >= 11 is 0. The summed E-state index contributed by atoms with van der Waals surface area (Å²) in [6.07, 6.45) is 1.77. The Bertz CT molecular complexity index is 1420. The third kappa shape index (κ3) is 6.09. The summed E-state index contributed by atoms with van der Waals surface area (Å²) in [5.41, 5.74) is 6.64. The molecule has 1 heterocycles. The van der Waals surface area contributed by atoms with Gasteiger partial charge in [0.05, 0.1) is 16.0 Å². The van der Waals surface area contributed by atoms with Gasteiger partial charge in [0.1, 0.15) is 10.1 Å². The fourth-order valence-corrected chi connectivity index (χ4v) is 4.16. The van der Waals surface area contributed by atoms with Gasteiger partial charge in [0.25, 0.3) is 0 Å². The predicted octanol–water partition coefficient (Wildman–Crippen LogP) is 7.46. The van der Waals surface area contributed by atoms with Crippen LogP contribution in [0.15, 0.2) is 137 Å². The largest absolute Gasteiger partial charge is 0.744 e. The fraction of sp³-hybridized carbons (Fsp3) is 0.0333. The minimum atomic E-state index is -4.27. The number of rotatable bonds is 4. The van der Waals surface area contributed by atoms with Crippen molar-refractivity contribution in [1.82, 2.24) is 0 Å². The highest BCUT2D eigenvalue weighted by Crippen LogP contribution is 2.39. The minimum Gasteiger partial charge on any atom is -0.744 e. The molecule has 0 saturated carbocycles. The van der Waals surface area contributed by atoms with E-state index in [-0.39, 0.29) is 4.90 Å². The Kier molecular flexibility index (Phi) is 7.51. The molecule has 5 rings (SSSR count). The van der Waals surface area contributed by atoms with Crippen LogP contribution in [-0.4, -0.2) is 13.0 Å². The monoisotopic (exact) mass is 480 g/mol. The van der Waals surface area contributed by atoms with Crippen molar-refractivity contribution in [3.8, 4) is 33.6 Å². The van der Waals surface area contributed by atoms with Crippen LogP contribution in [0.1, 0.15) is 5.56 Å². The van der Waals surface area contributed by atoms with Crippen molar-refractivity contribution in [3.63, 3.8) is 0 Å². The van der Waals surface area contributed by atoms with E-state index in [1.54, 1.807) is 18.4 Å². The molecule has 0 fully saturated rings. The zero-order chi connectivity index (χ0) is 24.7. The molecule has 0 amide bonds. The van der Waals surface area contributed by atoms with E-state index in [2.05, 4.69) is 60.7 Å². The van der Waals surface area contributed by atoms with Gasteiger partial charge < -0.3 is 4.55 Å². The van der Waals surface area contributed by atoms with Crippen molar-refractivity contribution < 1.29 is 17.4 Å². The number of hydrogen-bond donors (Lipinski definition) is 0. The normalized spacial score (nSPS) is 10.8. The summed E-state index contributed by atoms with van der Waals surface area (Å²) in [5, 5.41) is 0. The van der Waals surface area contributed by atoms with Crippen molar-refractivity contribution in [2.24, 2.45) is 0 Å². The lowest BCUT2D eigenvalue weighted by atomic mass is 9.92. The van der Waals surface area contributed by atoms with E-state index in [1.807, 2.05) is 43.3 Å². The lowest BCUT2D eigenvalue weighted by molar-refractivity contribution is 0.463. The maximum absolute atomic E-state index is 10.4. The molecule has 0 aliphatic carbocycles. The Morgan fingerprint density at radius 3 is 1.60 bits per heavy atom. The van der Waals surface area contributed by atoms with E-state index >= 15 is 0 Å². The summed E-state index contributed by atoms with van der Waals surface area (Å²) in [5.74, 6) is 0.892. The molecule has 1 aromatic heterocycles. The second kappa shape index (κ2) is 10.9. The highest BCUT2D eigenvalue weighted by Gasteiger charge is 2.23. The Labute approximate surface area is 205 Å². The molecule has 0 unspecified atom stereocenters.